The molecule has 0 aliphatic heterocycles. The first-order valence-electron chi connectivity index (χ1n) is 6.35. The maximum atomic E-state index is 11.9. The third kappa shape index (κ3) is 5.26. The summed E-state index contributed by atoms with van der Waals surface area (Å²) in [5.74, 6) is 0. The molecule has 5 heteroatoms. The van der Waals surface area contributed by atoms with E-state index in [1.54, 1.807) is 12.3 Å². The Morgan fingerprint density at radius 3 is 2.58 bits per heavy atom. The minimum atomic E-state index is -0.108. The van der Waals surface area contributed by atoms with Gasteiger partial charge in [0.15, 0.2) is 0 Å². The van der Waals surface area contributed by atoms with E-state index in [1.807, 2.05) is 19.0 Å². The van der Waals surface area contributed by atoms with Crippen LogP contribution in [0, 0.1) is 0 Å². The van der Waals surface area contributed by atoms with Crippen molar-refractivity contribution in [1.82, 2.24) is 15.1 Å². The lowest BCUT2D eigenvalue weighted by atomic mass is 10.1. The van der Waals surface area contributed by atoms with Gasteiger partial charge in [0.25, 0.3) is 5.56 Å². The van der Waals surface area contributed by atoms with E-state index in [1.165, 1.54) is 4.68 Å². The van der Waals surface area contributed by atoms with Crippen LogP contribution in [-0.2, 0) is 6.54 Å². The number of aromatic nitrogens is 2. The van der Waals surface area contributed by atoms with Crippen molar-refractivity contribution in [3.8, 4) is 0 Å². The maximum absolute atomic E-state index is 11.9. The van der Waals surface area contributed by atoms with E-state index in [2.05, 4.69) is 37.8 Å². The lowest BCUT2D eigenvalue weighted by Crippen LogP contribution is -2.38. The summed E-state index contributed by atoms with van der Waals surface area (Å²) in [5.41, 5.74) is 1.67. The summed E-state index contributed by atoms with van der Waals surface area (Å²) >= 11 is 0. The number of hydrogen-bond donors (Lipinski definition) is 1. The Morgan fingerprint density at radius 2 is 2.11 bits per heavy atom. The summed E-state index contributed by atoms with van der Waals surface area (Å²) in [6.45, 7) is 11.4. The summed E-state index contributed by atoms with van der Waals surface area (Å²) in [6.07, 6.45) is 1.69. The molecule has 0 aliphatic rings. The maximum Gasteiger partial charge on any atom is 0.269 e. The largest absolute Gasteiger partial charge is 0.376 e. The van der Waals surface area contributed by atoms with Gasteiger partial charge in [-0.3, -0.25) is 4.79 Å². The molecule has 0 saturated heterocycles. The lowest BCUT2D eigenvalue weighted by molar-refractivity contribution is 0.437. The SMILES string of the molecule is C=C(CNC(C)(C)C)Cn1ncc(N(C)C)cc1=O. The molecule has 0 saturated carbocycles. The Balaban J connectivity index is 2.68. The van der Waals surface area contributed by atoms with Gasteiger partial charge in [-0.15, -0.1) is 0 Å². The number of anilines is 1. The molecule has 0 bridgehead atoms. The van der Waals surface area contributed by atoms with Gasteiger partial charge in [0.2, 0.25) is 0 Å². The van der Waals surface area contributed by atoms with Crippen molar-refractivity contribution in [3.63, 3.8) is 0 Å². The summed E-state index contributed by atoms with van der Waals surface area (Å²) in [7, 11) is 3.76. The zero-order chi connectivity index (χ0) is 14.6. The van der Waals surface area contributed by atoms with E-state index < -0.39 is 0 Å². The summed E-state index contributed by atoms with van der Waals surface area (Å²) in [4.78, 5) is 13.7. The molecular formula is C14H24N4O. The minimum Gasteiger partial charge on any atom is -0.376 e. The Morgan fingerprint density at radius 1 is 1.47 bits per heavy atom. The van der Waals surface area contributed by atoms with E-state index in [9.17, 15) is 4.79 Å². The first-order chi connectivity index (χ1) is 8.69. The normalized spacial score (nSPS) is 11.4. The molecule has 0 unspecified atom stereocenters. The van der Waals surface area contributed by atoms with Gasteiger partial charge in [0.1, 0.15) is 0 Å². The monoisotopic (exact) mass is 264 g/mol. The van der Waals surface area contributed by atoms with Crippen molar-refractivity contribution >= 4 is 5.69 Å². The third-order valence-corrected chi connectivity index (χ3v) is 2.61. The van der Waals surface area contributed by atoms with Crippen LogP contribution in [0.3, 0.4) is 0 Å². The molecule has 0 radical (unpaired) electrons. The first kappa shape index (κ1) is 15.4. The van der Waals surface area contributed by atoms with Crippen molar-refractivity contribution in [2.75, 3.05) is 25.5 Å². The molecule has 0 aliphatic carbocycles. The molecule has 1 heterocycles. The Bertz CT molecular complexity index is 497. The molecule has 1 aromatic heterocycles. The third-order valence-electron chi connectivity index (χ3n) is 2.61. The van der Waals surface area contributed by atoms with E-state index in [4.69, 9.17) is 0 Å². The summed E-state index contributed by atoms with van der Waals surface area (Å²) in [6, 6.07) is 1.58. The van der Waals surface area contributed by atoms with Crippen molar-refractivity contribution in [3.05, 3.63) is 34.8 Å². The second-order valence-electron chi connectivity index (χ2n) is 5.96. The topological polar surface area (TPSA) is 50.2 Å². The van der Waals surface area contributed by atoms with Crippen LogP contribution in [0.5, 0.6) is 0 Å². The molecule has 106 valence electrons. The fraction of sp³-hybridized carbons (Fsp3) is 0.571. The highest BCUT2D eigenvalue weighted by Crippen LogP contribution is 2.04. The Labute approximate surface area is 114 Å². The van der Waals surface area contributed by atoms with Crippen molar-refractivity contribution in [1.29, 1.82) is 0 Å². The highest BCUT2D eigenvalue weighted by Gasteiger charge is 2.09. The van der Waals surface area contributed by atoms with Crippen LogP contribution in [0.15, 0.2) is 29.2 Å². The van der Waals surface area contributed by atoms with Gasteiger partial charge in [0.05, 0.1) is 18.4 Å². The van der Waals surface area contributed by atoms with Gasteiger partial charge < -0.3 is 10.2 Å². The Kier molecular flexibility index (Phi) is 4.89. The van der Waals surface area contributed by atoms with Crippen LogP contribution in [0.4, 0.5) is 5.69 Å². The van der Waals surface area contributed by atoms with E-state index in [-0.39, 0.29) is 11.1 Å². The van der Waals surface area contributed by atoms with E-state index >= 15 is 0 Å². The lowest BCUT2D eigenvalue weighted by Gasteiger charge is -2.21. The van der Waals surface area contributed by atoms with Gasteiger partial charge in [-0.05, 0) is 26.3 Å². The molecule has 0 amide bonds. The van der Waals surface area contributed by atoms with Crippen LogP contribution in [0.25, 0.3) is 0 Å². The molecule has 0 atom stereocenters. The fourth-order valence-corrected chi connectivity index (χ4v) is 1.45. The highest BCUT2D eigenvalue weighted by molar-refractivity contribution is 5.40. The fourth-order valence-electron chi connectivity index (χ4n) is 1.45. The Hall–Kier alpha value is -1.62. The van der Waals surface area contributed by atoms with Crippen LogP contribution in [-0.4, -0.2) is 36.0 Å². The van der Waals surface area contributed by atoms with Crippen molar-refractivity contribution in [2.24, 2.45) is 0 Å². The molecule has 0 aromatic carbocycles. The second-order valence-corrected chi connectivity index (χ2v) is 5.96. The van der Waals surface area contributed by atoms with Gasteiger partial charge >= 0.3 is 0 Å². The van der Waals surface area contributed by atoms with E-state index in [0.717, 1.165) is 11.3 Å². The number of rotatable bonds is 5. The molecule has 1 aromatic rings. The van der Waals surface area contributed by atoms with Crippen molar-refractivity contribution in [2.45, 2.75) is 32.9 Å². The zero-order valence-electron chi connectivity index (χ0n) is 12.5. The molecule has 1 N–H and O–H groups in total. The van der Waals surface area contributed by atoms with Crippen LogP contribution in [0.2, 0.25) is 0 Å². The van der Waals surface area contributed by atoms with Crippen LogP contribution < -0.4 is 15.8 Å². The van der Waals surface area contributed by atoms with Gasteiger partial charge in [-0.2, -0.15) is 5.10 Å². The minimum absolute atomic E-state index is 0.0378. The van der Waals surface area contributed by atoms with Gasteiger partial charge in [-0.1, -0.05) is 6.58 Å². The molecule has 19 heavy (non-hydrogen) atoms. The molecule has 0 spiro atoms. The average Bonchev–Trinajstić information content (AvgIpc) is 2.28. The summed E-state index contributed by atoms with van der Waals surface area (Å²) in [5, 5.41) is 7.50. The molecule has 1 rings (SSSR count). The van der Waals surface area contributed by atoms with Gasteiger partial charge in [0, 0.05) is 32.2 Å². The van der Waals surface area contributed by atoms with Crippen LogP contribution in [0.1, 0.15) is 20.8 Å². The predicted molar refractivity (Wildman–Crippen MR) is 79.7 cm³/mol. The second kappa shape index (κ2) is 6.02. The van der Waals surface area contributed by atoms with E-state index in [0.29, 0.717) is 13.1 Å². The van der Waals surface area contributed by atoms with Crippen LogP contribution >= 0.6 is 0 Å². The number of hydrogen-bond acceptors (Lipinski definition) is 4. The molecule has 0 fully saturated rings. The highest BCUT2D eigenvalue weighted by atomic mass is 16.1. The number of nitrogens with zero attached hydrogens (tertiary/aromatic N) is 3. The molecular weight excluding hydrogens is 240 g/mol. The standard InChI is InChI=1S/C14H24N4O/c1-11(8-15-14(2,3)4)10-18-13(19)7-12(9-16-18)17(5)6/h7,9,15H,1,8,10H2,2-6H3. The zero-order valence-corrected chi connectivity index (χ0v) is 12.5. The summed E-state index contributed by atoms with van der Waals surface area (Å²) < 4.78 is 1.43. The quantitative estimate of drug-likeness (QED) is 0.813. The van der Waals surface area contributed by atoms with Crippen molar-refractivity contribution < 1.29 is 0 Å². The predicted octanol–water partition coefficient (Wildman–Crippen LogP) is 1.25. The molecule has 5 nitrogen and oxygen atoms in total. The average molecular weight is 264 g/mol. The van der Waals surface area contributed by atoms with Gasteiger partial charge in [-0.25, -0.2) is 4.68 Å². The smallest absolute Gasteiger partial charge is 0.269 e. The number of nitrogens with one attached hydrogen (secondary N) is 1. The first-order valence-corrected chi connectivity index (χ1v) is 6.35.